The summed E-state index contributed by atoms with van der Waals surface area (Å²) >= 11 is 0. The molecule has 1 fully saturated rings. The first-order valence-corrected chi connectivity index (χ1v) is 9.13. The fraction of sp³-hybridized carbons (Fsp3) is 0.316. The molecule has 1 saturated heterocycles. The van der Waals surface area contributed by atoms with Gasteiger partial charge in [-0.15, -0.1) is 0 Å². The van der Waals surface area contributed by atoms with Crippen LogP contribution in [0.3, 0.4) is 0 Å². The van der Waals surface area contributed by atoms with Gasteiger partial charge in [0.25, 0.3) is 0 Å². The van der Waals surface area contributed by atoms with Gasteiger partial charge in [-0.2, -0.15) is 4.39 Å². The van der Waals surface area contributed by atoms with Crippen LogP contribution < -0.4 is 15.5 Å². The molecule has 0 aliphatic carbocycles. The van der Waals surface area contributed by atoms with Crippen molar-refractivity contribution in [1.29, 1.82) is 0 Å². The molecule has 152 valence electrons. The van der Waals surface area contributed by atoms with E-state index in [0.717, 1.165) is 49.9 Å². The van der Waals surface area contributed by atoms with E-state index >= 15 is 0 Å². The molecule has 0 saturated carbocycles. The van der Waals surface area contributed by atoms with Gasteiger partial charge in [0.05, 0.1) is 4.92 Å². The molecular formula is C19H20FN5O4. The average molecular weight is 401 g/mol. The van der Waals surface area contributed by atoms with Crippen LogP contribution in [0.5, 0.6) is 0 Å². The van der Waals surface area contributed by atoms with E-state index in [1.54, 1.807) is 6.20 Å². The van der Waals surface area contributed by atoms with Crippen LogP contribution in [0, 0.1) is 21.8 Å². The number of benzene rings is 1. The van der Waals surface area contributed by atoms with E-state index in [1.165, 1.54) is 0 Å². The highest BCUT2D eigenvalue weighted by Crippen LogP contribution is 2.22. The number of nitrogens with zero attached hydrogens (tertiary/aromatic N) is 3. The number of carbonyl (C=O) groups excluding carboxylic acids is 2. The highest BCUT2D eigenvalue weighted by Gasteiger charge is 2.22. The Balaban J connectivity index is 1.46. The highest BCUT2D eigenvalue weighted by atomic mass is 19.1. The molecule has 3 rings (SSSR count). The van der Waals surface area contributed by atoms with Gasteiger partial charge in [-0.05, 0) is 43.0 Å². The van der Waals surface area contributed by atoms with Gasteiger partial charge in [-0.3, -0.25) is 19.7 Å². The second kappa shape index (κ2) is 9.09. The Morgan fingerprint density at radius 3 is 2.62 bits per heavy atom. The van der Waals surface area contributed by atoms with Gasteiger partial charge in [-0.1, -0.05) is 6.07 Å². The summed E-state index contributed by atoms with van der Waals surface area (Å²) < 4.78 is 13.3. The Morgan fingerprint density at radius 2 is 1.97 bits per heavy atom. The predicted molar refractivity (Wildman–Crippen MR) is 104 cm³/mol. The fourth-order valence-electron chi connectivity index (χ4n) is 3.14. The number of aromatic nitrogens is 1. The van der Waals surface area contributed by atoms with Crippen molar-refractivity contribution in [3.63, 3.8) is 0 Å². The number of carbonyl (C=O) groups is 2. The van der Waals surface area contributed by atoms with Crippen LogP contribution in [-0.2, 0) is 9.59 Å². The molecule has 0 radical (unpaired) electrons. The Bertz CT molecular complexity index is 901. The first-order chi connectivity index (χ1) is 13.9. The first-order valence-electron chi connectivity index (χ1n) is 9.13. The number of anilines is 2. The van der Waals surface area contributed by atoms with Crippen molar-refractivity contribution in [1.82, 2.24) is 10.3 Å². The van der Waals surface area contributed by atoms with Crippen molar-refractivity contribution in [2.45, 2.75) is 12.8 Å². The van der Waals surface area contributed by atoms with Crippen LogP contribution in [-0.4, -0.2) is 41.4 Å². The van der Waals surface area contributed by atoms with Gasteiger partial charge in [0.2, 0.25) is 5.82 Å². The summed E-state index contributed by atoms with van der Waals surface area (Å²) in [5.41, 5.74) is -0.801. The minimum absolute atomic E-state index is 0.0260. The van der Waals surface area contributed by atoms with Gasteiger partial charge in [0.1, 0.15) is 5.82 Å². The van der Waals surface area contributed by atoms with E-state index in [4.69, 9.17) is 0 Å². The zero-order valence-corrected chi connectivity index (χ0v) is 15.5. The standard InChI is InChI=1S/C19H20FN5O4/c20-15-5-4-14(11-16(15)25(28)29)23-19(27)18(26)22-12-13-6-9-24(10-7-13)17-3-1-2-8-21-17/h1-5,8,11,13H,6-7,9-10,12H2,(H,22,26)(H,23,27). The molecule has 2 aromatic rings. The van der Waals surface area contributed by atoms with Crippen LogP contribution in [0.4, 0.5) is 21.6 Å². The average Bonchev–Trinajstić information content (AvgIpc) is 2.74. The van der Waals surface area contributed by atoms with Crippen LogP contribution in [0.2, 0.25) is 0 Å². The fourth-order valence-corrected chi connectivity index (χ4v) is 3.14. The SMILES string of the molecule is O=C(NCC1CCN(c2ccccn2)CC1)C(=O)Nc1ccc(F)c([N+](=O)[O-])c1. The molecule has 2 amide bonds. The Hall–Kier alpha value is -3.56. The second-order valence-electron chi connectivity index (χ2n) is 6.71. The number of nitro benzene ring substituents is 1. The van der Waals surface area contributed by atoms with Crippen LogP contribution in [0.1, 0.15) is 12.8 Å². The molecule has 2 N–H and O–H groups in total. The summed E-state index contributed by atoms with van der Waals surface area (Å²) in [4.78, 5) is 40.3. The normalized spacial score (nSPS) is 14.3. The molecule has 2 heterocycles. The van der Waals surface area contributed by atoms with Gasteiger partial charge in [-0.25, -0.2) is 4.98 Å². The van der Waals surface area contributed by atoms with Crippen molar-refractivity contribution in [2.75, 3.05) is 29.9 Å². The van der Waals surface area contributed by atoms with Crippen LogP contribution in [0.25, 0.3) is 0 Å². The molecular weight excluding hydrogens is 381 g/mol. The smallest absolute Gasteiger partial charge is 0.313 e. The molecule has 0 bridgehead atoms. The van der Waals surface area contributed by atoms with E-state index in [2.05, 4.69) is 20.5 Å². The van der Waals surface area contributed by atoms with Crippen molar-refractivity contribution >= 4 is 29.0 Å². The monoisotopic (exact) mass is 401 g/mol. The summed E-state index contributed by atoms with van der Waals surface area (Å²) in [6, 6.07) is 8.63. The summed E-state index contributed by atoms with van der Waals surface area (Å²) in [7, 11) is 0. The number of hydrogen-bond donors (Lipinski definition) is 2. The number of pyridine rings is 1. The summed E-state index contributed by atoms with van der Waals surface area (Å²) in [5, 5.41) is 15.6. The summed E-state index contributed by atoms with van der Waals surface area (Å²) in [6.07, 6.45) is 3.45. The molecule has 0 atom stereocenters. The van der Waals surface area contributed by atoms with Crippen molar-refractivity contribution in [2.24, 2.45) is 5.92 Å². The lowest BCUT2D eigenvalue weighted by molar-refractivity contribution is -0.387. The molecule has 0 unspecified atom stereocenters. The second-order valence-corrected chi connectivity index (χ2v) is 6.71. The zero-order chi connectivity index (χ0) is 20.8. The van der Waals surface area contributed by atoms with Gasteiger partial charge >= 0.3 is 17.5 Å². The van der Waals surface area contributed by atoms with E-state index in [1.807, 2.05) is 18.2 Å². The summed E-state index contributed by atoms with van der Waals surface area (Å²) in [6.45, 7) is 1.97. The number of nitrogens with one attached hydrogen (secondary N) is 2. The number of nitro groups is 1. The largest absolute Gasteiger partial charge is 0.357 e. The first kappa shape index (κ1) is 20.2. The Labute approximate surface area is 166 Å². The van der Waals surface area contributed by atoms with Gasteiger partial charge in [0.15, 0.2) is 0 Å². The lowest BCUT2D eigenvalue weighted by atomic mass is 9.97. The Kier molecular flexibility index (Phi) is 6.32. The number of amides is 2. The maximum atomic E-state index is 13.3. The topological polar surface area (TPSA) is 117 Å². The number of piperidine rings is 1. The van der Waals surface area contributed by atoms with Crippen molar-refractivity contribution in [3.8, 4) is 0 Å². The van der Waals surface area contributed by atoms with E-state index in [0.29, 0.717) is 6.54 Å². The van der Waals surface area contributed by atoms with E-state index < -0.39 is 28.2 Å². The van der Waals surface area contributed by atoms with E-state index in [-0.39, 0.29) is 11.6 Å². The maximum absolute atomic E-state index is 13.3. The minimum Gasteiger partial charge on any atom is -0.357 e. The maximum Gasteiger partial charge on any atom is 0.313 e. The Morgan fingerprint density at radius 1 is 1.21 bits per heavy atom. The molecule has 9 nitrogen and oxygen atoms in total. The van der Waals surface area contributed by atoms with Gasteiger partial charge in [0, 0.05) is 37.6 Å². The molecule has 1 aromatic heterocycles. The molecule has 1 aliphatic rings. The molecule has 10 heteroatoms. The van der Waals surface area contributed by atoms with Crippen molar-refractivity contribution < 1.29 is 18.9 Å². The predicted octanol–water partition coefficient (Wildman–Crippen LogP) is 2.10. The lowest BCUT2D eigenvalue weighted by Gasteiger charge is -2.32. The zero-order valence-electron chi connectivity index (χ0n) is 15.5. The number of rotatable bonds is 5. The van der Waals surface area contributed by atoms with Crippen LogP contribution in [0.15, 0.2) is 42.6 Å². The highest BCUT2D eigenvalue weighted by molar-refractivity contribution is 6.39. The van der Waals surface area contributed by atoms with E-state index in [9.17, 15) is 24.1 Å². The quantitative estimate of drug-likeness (QED) is 0.450. The van der Waals surface area contributed by atoms with Crippen LogP contribution >= 0.6 is 0 Å². The lowest BCUT2D eigenvalue weighted by Crippen LogP contribution is -2.42. The van der Waals surface area contributed by atoms with Crippen molar-refractivity contribution in [3.05, 3.63) is 58.5 Å². The molecule has 1 aliphatic heterocycles. The third-order valence-corrected chi connectivity index (χ3v) is 4.75. The summed E-state index contributed by atoms with van der Waals surface area (Å²) in [5.74, 6) is -1.67. The molecule has 1 aromatic carbocycles. The number of hydrogen-bond acceptors (Lipinski definition) is 6. The minimum atomic E-state index is -1.02. The molecule has 0 spiro atoms. The third kappa shape index (κ3) is 5.24. The number of halogens is 1. The molecule has 29 heavy (non-hydrogen) atoms. The van der Waals surface area contributed by atoms with Gasteiger partial charge < -0.3 is 15.5 Å². The third-order valence-electron chi connectivity index (χ3n) is 4.75.